The maximum absolute atomic E-state index is 13.6. The van der Waals surface area contributed by atoms with Crippen LogP contribution in [0.3, 0.4) is 0 Å². The number of methoxy groups -OCH3 is 2. The summed E-state index contributed by atoms with van der Waals surface area (Å²) in [5.74, 6) is -1.68. The number of morpholine rings is 1. The number of hydrogen-bond acceptors (Lipinski definition) is 9. The molecule has 0 radical (unpaired) electrons. The standard InChI is InChI=1S/C29H37N3O8/c1-6-40-29(36)23-17(2)21(18(3)30-23)25(33)22-24(19-9-7-10-20(37-4)27(19)38-5)32(28(35)26(22)34)12-8-11-31-13-15-39-16-14-31/h7,9-10,24,30,33H,6,8,11-16H2,1-5H3/t24-/m1/s1. The fourth-order valence-electron chi connectivity index (χ4n) is 5.50. The number of benzene rings is 1. The molecule has 40 heavy (non-hydrogen) atoms. The summed E-state index contributed by atoms with van der Waals surface area (Å²) in [6, 6.07) is 4.28. The first kappa shape index (κ1) is 29.2. The molecule has 2 saturated heterocycles. The maximum Gasteiger partial charge on any atom is 0.355 e. The van der Waals surface area contributed by atoms with Gasteiger partial charge < -0.3 is 33.9 Å². The topological polar surface area (TPSA) is 131 Å². The minimum absolute atomic E-state index is 0.0801. The van der Waals surface area contributed by atoms with E-state index in [4.69, 9.17) is 18.9 Å². The number of carbonyl (C=O) groups is 3. The Morgan fingerprint density at radius 3 is 2.50 bits per heavy atom. The quantitative estimate of drug-likeness (QED) is 0.197. The van der Waals surface area contributed by atoms with Crippen LogP contribution in [0.1, 0.15) is 52.3 Å². The highest BCUT2D eigenvalue weighted by molar-refractivity contribution is 6.46. The number of likely N-dealkylation sites (tertiary alicyclic amines) is 1. The molecule has 3 heterocycles. The molecule has 2 N–H and O–H groups in total. The predicted octanol–water partition coefficient (Wildman–Crippen LogP) is 2.97. The van der Waals surface area contributed by atoms with Gasteiger partial charge in [0.25, 0.3) is 11.7 Å². The first-order chi connectivity index (χ1) is 19.2. The fourth-order valence-corrected chi connectivity index (χ4v) is 5.50. The molecule has 0 unspecified atom stereocenters. The van der Waals surface area contributed by atoms with Crippen LogP contribution in [0.15, 0.2) is 23.8 Å². The highest BCUT2D eigenvalue weighted by atomic mass is 16.5. The number of aryl methyl sites for hydroxylation is 1. The first-order valence-electron chi connectivity index (χ1n) is 13.4. The third kappa shape index (κ3) is 5.44. The first-order valence-corrected chi connectivity index (χ1v) is 13.4. The van der Waals surface area contributed by atoms with Crippen molar-refractivity contribution < 1.29 is 38.4 Å². The molecule has 0 spiro atoms. The van der Waals surface area contributed by atoms with E-state index in [-0.39, 0.29) is 35.7 Å². The van der Waals surface area contributed by atoms with Gasteiger partial charge in [-0.2, -0.15) is 0 Å². The molecule has 0 saturated carbocycles. The van der Waals surface area contributed by atoms with Crippen molar-refractivity contribution >= 4 is 23.4 Å². The molecule has 2 aliphatic rings. The number of aromatic amines is 1. The van der Waals surface area contributed by atoms with E-state index in [9.17, 15) is 19.5 Å². The van der Waals surface area contributed by atoms with Crippen molar-refractivity contribution in [2.24, 2.45) is 0 Å². The third-order valence-electron chi connectivity index (χ3n) is 7.40. The normalized spacial score (nSPS) is 19.2. The van der Waals surface area contributed by atoms with Gasteiger partial charge >= 0.3 is 5.97 Å². The summed E-state index contributed by atoms with van der Waals surface area (Å²) < 4.78 is 21.7. The smallest absolute Gasteiger partial charge is 0.355 e. The van der Waals surface area contributed by atoms with E-state index < -0.39 is 23.7 Å². The number of aliphatic hydroxyl groups excluding tert-OH is 1. The molecular weight excluding hydrogens is 518 g/mol. The summed E-state index contributed by atoms with van der Waals surface area (Å²) >= 11 is 0. The number of ether oxygens (including phenoxy) is 4. The SMILES string of the molecule is CCOC(=O)c1[nH]c(C)c(C(O)=C2C(=O)C(=O)N(CCCN3CCOCC3)[C@@H]2c2cccc(OC)c2OC)c1C. The van der Waals surface area contributed by atoms with Gasteiger partial charge in [-0.3, -0.25) is 14.5 Å². The van der Waals surface area contributed by atoms with Gasteiger partial charge in [-0.25, -0.2) is 4.79 Å². The Morgan fingerprint density at radius 2 is 1.85 bits per heavy atom. The monoisotopic (exact) mass is 555 g/mol. The molecule has 11 nitrogen and oxygen atoms in total. The molecule has 2 fully saturated rings. The van der Waals surface area contributed by atoms with Crippen molar-refractivity contribution in [2.75, 3.05) is 60.2 Å². The predicted molar refractivity (Wildman–Crippen MR) is 147 cm³/mol. The number of amides is 1. The highest BCUT2D eigenvalue weighted by Crippen LogP contribution is 2.46. The Labute approximate surface area is 233 Å². The number of para-hydroxylation sites is 1. The molecule has 4 rings (SSSR count). The van der Waals surface area contributed by atoms with Crippen LogP contribution in [0.2, 0.25) is 0 Å². The summed E-state index contributed by atoms with van der Waals surface area (Å²) in [6.07, 6.45) is 0.616. The molecule has 1 aromatic carbocycles. The zero-order valence-electron chi connectivity index (χ0n) is 23.7. The van der Waals surface area contributed by atoms with E-state index >= 15 is 0 Å². The number of esters is 1. The lowest BCUT2D eigenvalue weighted by Crippen LogP contribution is -2.39. The van der Waals surface area contributed by atoms with Crippen LogP contribution >= 0.6 is 0 Å². The van der Waals surface area contributed by atoms with Gasteiger partial charge in [-0.05, 0) is 38.8 Å². The van der Waals surface area contributed by atoms with Crippen LogP contribution in [0.4, 0.5) is 0 Å². The van der Waals surface area contributed by atoms with Crippen molar-refractivity contribution in [3.63, 3.8) is 0 Å². The molecule has 2 aliphatic heterocycles. The summed E-state index contributed by atoms with van der Waals surface area (Å²) in [7, 11) is 2.99. The van der Waals surface area contributed by atoms with E-state index in [0.717, 1.165) is 19.6 Å². The van der Waals surface area contributed by atoms with E-state index in [0.29, 0.717) is 48.0 Å². The van der Waals surface area contributed by atoms with Gasteiger partial charge in [-0.1, -0.05) is 12.1 Å². The number of nitrogens with one attached hydrogen (secondary N) is 1. The van der Waals surface area contributed by atoms with Gasteiger partial charge in [0.1, 0.15) is 11.5 Å². The number of hydrogen-bond donors (Lipinski definition) is 2. The van der Waals surface area contributed by atoms with Crippen molar-refractivity contribution in [3.8, 4) is 11.5 Å². The van der Waals surface area contributed by atoms with Crippen LogP contribution in [0.25, 0.3) is 5.76 Å². The summed E-state index contributed by atoms with van der Waals surface area (Å²) in [4.78, 5) is 46.3. The number of H-pyrrole nitrogens is 1. The van der Waals surface area contributed by atoms with Gasteiger partial charge in [0.15, 0.2) is 11.5 Å². The van der Waals surface area contributed by atoms with Crippen LogP contribution in [0.5, 0.6) is 11.5 Å². The molecular formula is C29H37N3O8. The zero-order valence-corrected chi connectivity index (χ0v) is 23.7. The number of nitrogens with zero attached hydrogens (tertiary/aromatic N) is 2. The number of aromatic nitrogens is 1. The van der Waals surface area contributed by atoms with E-state index in [1.165, 1.54) is 19.1 Å². The van der Waals surface area contributed by atoms with Crippen molar-refractivity contribution in [2.45, 2.75) is 33.2 Å². The van der Waals surface area contributed by atoms with Crippen LogP contribution in [0, 0.1) is 13.8 Å². The molecule has 1 atom stereocenters. The molecule has 0 aliphatic carbocycles. The minimum atomic E-state index is -0.936. The number of Topliss-reactive ketones (excluding diaryl/α,β-unsaturated/α-hetero) is 1. The lowest BCUT2D eigenvalue weighted by atomic mass is 9.93. The largest absolute Gasteiger partial charge is 0.507 e. The van der Waals surface area contributed by atoms with Gasteiger partial charge in [0, 0.05) is 43.0 Å². The number of rotatable bonds is 10. The van der Waals surface area contributed by atoms with Crippen molar-refractivity contribution in [1.29, 1.82) is 0 Å². The summed E-state index contributed by atoms with van der Waals surface area (Å²) in [5, 5.41) is 11.7. The molecule has 1 aromatic heterocycles. The Morgan fingerprint density at radius 1 is 1.12 bits per heavy atom. The second-order valence-electron chi connectivity index (χ2n) is 9.73. The van der Waals surface area contributed by atoms with E-state index in [1.54, 1.807) is 39.0 Å². The van der Waals surface area contributed by atoms with Gasteiger partial charge in [-0.15, -0.1) is 0 Å². The van der Waals surface area contributed by atoms with Crippen molar-refractivity contribution in [1.82, 2.24) is 14.8 Å². The average Bonchev–Trinajstić information content (AvgIpc) is 3.39. The maximum atomic E-state index is 13.6. The average molecular weight is 556 g/mol. The molecule has 0 bridgehead atoms. The van der Waals surface area contributed by atoms with E-state index in [1.807, 2.05) is 0 Å². The zero-order chi connectivity index (χ0) is 29.0. The Bertz CT molecular complexity index is 1310. The van der Waals surface area contributed by atoms with Gasteiger partial charge in [0.05, 0.1) is 45.7 Å². The number of carbonyl (C=O) groups excluding carboxylic acids is 3. The summed E-state index contributed by atoms with van der Waals surface area (Å²) in [5.41, 5.74) is 1.77. The molecule has 11 heteroatoms. The van der Waals surface area contributed by atoms with Crippen LogP contribution in [-0.2, 0) is 19.1 Å². The van der Waals surface area contributed by atoms with Gasteiger partial charge in [0.2, 0.25) is 0 Å². The van der Waals surface area contributed by atoms with Crippen LogP contribution in [-0.4, -0.2) is 97.8 Å². The van der Waals surface area contributed by atoms with Crippen molar-refractivity contribution in [3.05, 3.63) is 51.9 Å². The Kier molecular flexibility index (Phi) is 9.16. The second-order valence-corrected chi connectivity index (χ2v) is 9.73. The molecule has 1 amide bonds. The second kappa shape index (κ2) is 12.6. The molecule has 216 valence electrons. The lowest BCUT2D eigenvalue weighted by Gasteiger charge is -2.30. The fraction of sp³-hybridized carbons (Fsp3) is 0.483. The van der Waals surface area contributed by atoms with E-state index in [2.05, 4.69) is 9.88 Å². The van der Waals surface area contributed by atoms with Crippen LogP contribution < -0.4 is 9.47 Å². The summed E-state index contributed by atoms with van der Waals surface area (Å²) in [6.45, 7) is 9.17. The lowest BCUT2D eigenvalue weighted by molar-refractivity contribution is -0.140. The number of aliphatic hydroxyl groups is 1. The number of ketones is 1. The third-order valence-corrected chi connectivity index (χ3v) is 7.40. The Balaban J connectivity index is 1.82. The highest BCUT2D eigenvalue weighted by Gasteiger charge is 2.47. The molecule has 2 aromatic rings. The minimum Gasteiger partial charge on any atom is -0.507 e. The Hall–Kier alpha value is -3.83.